The van der Waals surface area contributed by atoms with E-state index in [1.54, 1.807) is 24.3 Å². The average molecular weight is 465 g/mol. The molecule has 0 radical (unpaired) electrons. The predicted molar refractivity (Wildman–Crippen MR) is 101 cm³/mol. The molecule has 1 atom stereocenters. The van der Waals surface area contributed by atoms with E-state index < -0.39 is 41.2 Å². The zero-order valence-electron chi connectivity index (χ0n) is 15.2. The maximum Gasteiger partial charge on any atom is 0.283 e. The first-order valence-corrected chi connectivity index (χ1v) is 9.21. The summed E-state index contributed by atoms with van der Waals surface area (Å²) in [4.78, 5) is 16.4. The molecule has 3 rings (SSSR count). The van der Waals surface area contributed by atoms with Crippen molar-refractivity contribution >= 4 is 35.1 Å². The lowest BCUT2D eigenvalue weighted by atomic mass is 10.2. The van der Waals surface area contributed by atoms with Crippen molar-refractivity contribution in [3.63, 3.8) is 0 Å². The van der Waals surface area contributed by atoms with E-state index in [-0.39, 0.29) is 5.95 Å². The Balaban J connectivity index is 1.74. The minimum Gasteiger partial charge on any atom is -0.291 e. The van der Waals surface area contributed by atoms with Crippen molar-refractivity contribution in [2.45, 2.75) is 32.4 Å². The van der Waals surface area contributed by atoms with Gasteiger partial charge in [-0.1, -0.05) is 35.3 Å². The highest BCUT2D eigenvalue weighted by Gasteiger charge is 2.32. The topological polar surface area (TPSA) is 77.6 Å². The maximum atomic E-state index is 13.3. The van der Waals surface area contributed by atoms with E-state index in [9.17, 15) is 22.4 Å². The summed E-state index contributed by atoms with van der Waals surface area (Å²) in [5.74, 6) is -0.923. The number of halogens is 6. The normalized spacial score (nSPS) is 12.6. The third-order valence-corrected chi connectivity index (χ3v) is 4.74. The number of hydrogen-bond acceptors (Lipinski definition) is 4. The Morgan fingerprint density at radius 1 is 1.10 bits per heavy atom. The van der Waals surface area contributed by atoms with Gasteiger partial charge in [0.05, 0.1) is 11.6 Å². The Morgan fingerprint density at radius 3 is 2.37 bits per heavy atom. The van der Waals surface area contributed by atoms with Crippen LogP contribution in [0, 0.1) is 0 Å². The van der Waals surface area contributed by atoms with Crippen LogP contribution in [0.25, 0.3) is 0 Å². The number of rotatable bonds is 7. The standard InChI is InChI=1S/C17H14Cl2F4N6O/c1-8(29-13(15(22)23)11(19)12(26-29)14(20)21)16(30)25-17-24-7-28(27-17)6-9-2-4-10(18)5-3-9/h2-5,7-8,14-15H,6H2,1H3,(H,25,27,30). The second-order valence-corrected chi connectivity index (χ2v) is 7.00. The molecule has 160 valence electrons. The number of hydrogen-bond donors (Lipinski definition) is 1. The molecule has 2 aromatic heterocycles. The van der Waals surface area contributed by atoms with Crippen molar-refractivity contribution in [1.29, 1.82) is 0 Å². The van der Waals surface area contributed by atoms with Gasteiger partial charge in [-0.25, -0.2) is 31.9 Å². The summed E-state index contributed by atoms with van der Waals surface area (Å²) >= 11 is 11.4. The summed E-state index contributed by atoms with van der Waals surface area (Å²) < 4.78 is 54.4. The largest absolute Gasteiger partial charge is 0.291 e. The molecule has 0 saturated carbocycles. The summed E-state index contributed by atoms with van der Waals surface area (Å²) in [6, 6.07) is 5.63. The summed E-state index contributed by atoms with van der Waals surface area (Å²) in [5, 5.41) is 9.52. The van der Waals surface area contributed by atoms with Crippen LogP contribution in [0.2, 0.25) is 10.0 Å². The maximum absolute atomic E-state index is 13.3. The third-order valence-electron chi connectivity index (χ3n) is 4.10. The molecule has 1 aromatic carbocycles. The second kappa shape index (κ2) is 9.00. The fourth-order valence-corrected chi connectivity index (χ4v) is 3.02. The molecule has 7 nitrogen and oxygen atoms in total. The van der Waals surface area contributed by atoms with Crippen molar-refractivity contribution in [3.05, 3.63) is 57.6 Å². The van der Waals surface area contributed by atoms with Gasteiger partial charge in [0.1, 0.15) is 23.8 Å². The number of nitrogens with zero attached hydrogens (tertiary/aromatic N) is 5. The highest BCUT2D eigenvalue weighted by molar-refractivity contribution is 6.32. The zero-order valence-corrected chi connectivity index (χ0v) is 16.7. The van der Waals surface area contributed by atoms with Crippen LogP contribution >= 0.6 is 23.2 Å². The molecule has 0 spiro atoms. The molecule has 2 heterocycles. The number of alkyl halides is 4. The van der Waals surface area contributed by atoms with Gasteiger partial charge in [-0.05, 0) is 24.6 Å². The molecule has 1 N–H and O–H groups in total. The van der Waals surface area contributed by atoms with Crippen LogP contribution in [0.5, 0.6) is 0 Å². The molecule has 0 aliphatic heterocycles. The van der Waals surface area contributed by atoms with Gasteiger partial charge in [0.15, 0.2) is 0 Å². The molecule has 0 saturated heterocycles. The van der Waals surface area contributed by atoms with Gasteiger partial charge >= 0.3 is 0 Å². The average Bonchev–Trinajstić information content (AvgIpc) is 3.26. The van der Waals surface area contributed by atoms with Gasteiger partial charge in [-0.2, -0.15) is 5.10 Å². The van der Waals surface area contributed by atoms with Crippen LogP contribution in [-0.2, 0) is 11.3 Å². The molecule has 0 aliphatic rings. The molecule has 3 aromatic rings. The van der Waals surface area contributed by atoms with E-state index >= 15 is 0 Å². The van der Waals surface area contributed by atoms with Crippen molar-refractivity contribution in [3.8, 4) is 0 Å². The van der Waals surface area contributed by atoms with Gasteiger partial charge in [0, 0.05) is 5.02 Å². The van der Waals surface area contributed by atoms with Crippen LogP contribution in [0.4, 0.5) is 23.5 Å². The van der Waals surface area contributed by atoms with E-state index in [0.717, 1.165) is 5.56 Å². The first-order chi connectivity index (χ1) is 14.2. The number of nitrogens with one attached hydrogen (secondary N) is 1. The molecular weight excluding hydrogens is 451 g/mol. The number of amides is 1. The Morgan fingerprint density at radius 2 is 1.77 bits per heavy atom. The van der Waals surface area contributed by atoms with Crippen molar-refractivity contribution in [1.82, 2.24) is 24.5 Å². The number of aromatic nitrogens is 5. The zero-order chi connectivity index (χ0) is 22.0. The minimum absolute atomic E-state index is 0.0910. The lowest BCUT2D eigenvalue weighted by molar-refractivity contribution is -0.119. The summed E-state index contributed by atoms with van der Waals surface area (Å²) in [7, 11) is 0. The minimum atomic E-state index is -3.20. The van der Waals surface area contributed by atoms with Crippen LogP contribution in [-0.4, -0.2) is 30.5 Å². The third kappa shape index (κ3) is 4.73. The predicted octanol–water partition coefficient (Wildman–Crippen LogP) is 4.90. The van der Waals surface area contributed by atoms with E-state index in [4.69, 9.17) is 23.2 Å². The van der Waals surface area contributed by atoms with E-state index in [2.05, 4.69) is 20.5 Å². The molecule has 13 heteroatoms. The van der Waals surface area contributed by atoms with Crippen LogP contribution in [0.3, 0.4) is 0 Å². The highest BCUT2D eigenvalue weighted by Crippen LogP contribution is 2.36. The molecule has 1 unspecified atom stereocenters. The quantitative estimate of drug-likeness (QED) is 0.504. The lowest BCUT2D eigenvalue weighted by Gasteiger charge is -2.14. The Bertz CT molecular complexity index is 1040. The van der Waals surface area contributed by atoms with Gasteiger partial charge in [-0.3, -0.25) is 10.1 Å². The Hall–Kier alpha value is -2.66. The molecule has 30 heavy (non-hydrogen) atoms. The SMILES string of the molecule is CC(C(=O)Nc1ncn(Cc2ccc(Cl)cc2)n1)n1nc(C(F)F)c(Cl)c1C(F)F. The number of carbonyl (C=O) groups excluding carboxylic acids is 1. The van der Waals surface area contributed by atoms with Crippen LogP contribution in [0.1, 0.15) is 42.8 Å². The Kier molecular flexibility index (Phi) is 6.61. The number of benzene rings is 1. The van der Waals surface area contributed by atoms with Crippen molar-refractivity contribution in [2.75, 3.05) is 5.32 Å². The van der Waals surface area contributed by atoms with E-state index in [1.165, 1.54) is 17.9 Å². The summed E-state index contributed by atoms with van der Waals surface area (Å²) in [6.45, 7) is 1.56. The van der Waals surface area contributed by atoms with Gasteiger partial charge in [0.2, 0.25) is 5.95 Å². The molecule has 0 aliphatic carbocycles. The first-order valence-electron chi connectivity index (χ1n) is 8.46. The molecule has 0 fully saturated rings. The first kappa shape index (κ1) is 22.0. The van der Waals surface area contributed by atoms with Crippen LogP contribution in [0.15, 0.2) is 30.6 Å². The number of anilines is 1. The Labute approximate surface area is 177 Å². The van der Waals surface area contributed by atoms with E-state index in [1.807, 2.05) is 0 Å². The number of carbonyl (C=O) groups is 1. The van der Waals surface area contributed by atoms with Crippen molar-refractivity contribution in [2.24, 2.45) is 0 Å². The van der Waals surface area contributed by atoms with E-state index in [0.29, 0.717) is 16.2 Å². The monoisotopic (exact) mass is 464 g/mol. The van der Waals surface area contributed by atoms with Gasteiger partial charge in [-0.15, -0.1) is 5.10 Å². The smallest absolute Gasteiger partial charge is 0.283 e. The fraction of sp³-hybridized carbons (Fsp3) is 0.294. The fourth-order valence-electron chi connectivity index (χ4n) is 2.61. The second-order valence-electron chi connectivity index (χ2n) is 6.19. The summed E-state index contributed by atoms with van der Waals surface area (Å²) in [6.07, 6.45) is -5.01. The highest BCUT2D eigenvalue weighted by atomic mass is 35.5. The molecule has 0 bridgehead atoms. The molecule has 1 amide bonds. The summed E-state index contributed by atoms with van der Waals surface area (Å²) in [5.41, 5.74) is -1.10. The van der Waals surface area contributed by atoms with Gasteiger partial charge < -0.3 is 0 Å². The lowest BCUT2D eigenvalue weighted by Crippen LogP contribution is -2.26. The van der Waals surface area contributed by atoms with Crippen molar-refractivity contribution < 1.29 is 22.4 Å². The molecular formula is C17H14Cl2F4N6O. The van der Waals surface area contributed by atoms with Gasteiger partial charge in [0.25, 0.3) is 18.8 Å². The van der Waals surface area contributed by atoms with Crippen LogP contribution < -0.4 is 5.32 Å².